The maximum Gasteiger partial charge on any atom is 0.415 e. The predicted octanol–water partition coefficient (Wildman–Crippen LogP) is 3.74. The van der Waals surface area contributed by atoms with Crippen LogP contribution in [0.3, 0.4) is 0 Å². The number of benzene rings is 2. The maximum atomic E-state index is 12.8. The van der Waals surface area contributed by atoms with Crippen molar-refractivity contribution in [3.8, 4) is 0 Å². The van der Waals surface area contributed by atoms with E-state index in [9.17, 15) is 18.3 Å². The first-order valence-corrected chi connectivity index (χ1v) is 5.85. The third kappa shape index (κ3) is 3.15. The molecule has 0 spiro atoms. The lowest BCUT2D eigenvalue weighted by Crippen LogP contribution is -2.35. The fourth-order valence-electron chi connectivity index (χ4n) is 2.07. The molecule has 0 aliphatic heterocycles. The van der Waals surface area contributed by atoms with E-state index in [4.69, 9.17) is 0 Å². The van der Waals surface area contributed by atoms with Crippen molar-refractivity contribution in [3.05, 3.63) is 71.8 Å². The summed E-state index contributed by atoms with van der Waals surface area (Å²) < 4.78 is 38.5. The van der Waals surface area contributed by atoms with Crippen molar-refractivity contribution in [1.82, 2.24) is 0 Å². The Morgan fingerprint density at radius 3 is 1.42 bits per heavy atom. The average Bonchev–Trinajstić information content (AvgIpc) is 2.40. The second kappa shape index (κ2) is 5.45. The minimum Gasteiger partial charge on any atom is -0.383 e. The lowest BCUT2D eigenvalue weighted by Gasteiger charge is -2.25. The van der Waals surface area contributed by atoms with Gasteiger partial charge >= 0.3 is 6.18 Å². The summed E-state index contributed by atoms with van der Waals surface area (Å²) in [6, 6.07) is 16.5. The molecule has 1 nitrogen and oxygen atoms in total. The minimum atomic E-state index is -4.66. The van der Waals surface area contributed by atoms with Gasteiger partial charge in [-0.3, -0.25) is 0 Å². The van der Waals surface area contributed by atoms with Gasteiger partial charge in [0.25, 0.3) is 0 Å². The summed E-state index contributed by atoms with van der Waals surface area (Å²) >= 11 is 0. The molecule has 2 aromatic rings. The zero-order valence-corrected chi connectivity index (χ0v) is 10.0. The van der Waals surface area contributed by atoms with Crippen LogP contribution in [0, 0.1) is 0 Å². The van der Waals surface area contributed by atoms with Crippen molar-refractivity contribution >= 4 is 0 Å². The Bertz CT molecular complexity index is 468. The van der Waals surface area contributed by atoms with E-state index in [-0.39, 0.29) is 0 Å². The molecule has 0 heterocycles. The maximum absolute atomic E-state index is 12.8. The highest BCUT2D eigenvalue weighted by atomic mass is 19.4. The second-order valence-corrected chi connectivity index (χ2v) is 4.29. The van der Waals surface area contributed by atoms with Gasteiger partial charge < -0.3 is 5.11 Å². The zero-order chi connectivity index (χ0) is 13.9. The van der Waals surface area contributed by atoms with Crippen LogP contribution in [0.25, 0.3) is 0 Å². The molecule has 0 saturated heterocycles. The smallest absolute Gasteiger partial charge is 0.383 e. The highest BCUT2D eigenvalue weighted by molar-refractivity contribution is 5.34. The summed E-state index contributed by atoms with van der Waals surface area (Å²) in [6.07, 6.45) is -7.08. The molecule has 100 valence electrons. The van der Waals surface area contributed by atoms with Crippen LogP contribution >= 0.6 is 0 Å². The molecule has 2 aromatic carbocycles. The Hall–Kier alpha value is -1.81. The molecular weight excluding hydrogens is 253 g/mol. The number of halogens is 3. The van der Waals surface area contributed by atoms with Gasteiger partial charge in [0.2, 0.25) is 0 Å². The van der Waals surface area contributed by atoms with E-state index in [1.807, 2.05) is 0 Å². The highest BCUT2D eigenvalue weighted by Gasteiger charge is 2.44. The van der Waals surface area contributed by atoms with Gasteiger partial charge in [0.1, 0.15) is 0 Å². The molecule has 0 radical (unpaired) electrons. The van der Waals surface area contributed by atoms with E-state index < -0.39 is 18.2 Å². The number of hydrogen-bond acceptors (Lipinski definition) is 1. The molecule has 19 heavy (non-hydrogen) atoms. The summed E-state index contributed by atoms with van der Waals surface area (Å²) in [5, 5.41) is 9.63. The third-order valence-electron chi connectivity index (χ3n) is 2.97. The van der Waals surface area contributed by atoms with Crippen LogP contribution in [-0.2, 0) is 0 Å². The molecule has 4 heteroatoms. The van der Waals surface area contributed by atoms with Crippen LogP contribution in [0.4, 0.5) is 13.2 Å². The van der Waals surface area contributed by atoms with Crippen molar-refractivity contribution in [2.75, 3.05) is 0 Å². The van der Waals surface area contributed by atoms with Crippen molar-refractivity contribution < 1.29 is 18.3 Å². The van der Waals surface area contributed by atoms with E-state index in [0.717, 1.165) is 0 Å². The highest BCUT2D eigenvalue weighted by Crippen LogP contribution is 2.36. The summed E-state index contributed by atoms with van der Waals surface area (Å²) in [4.78, 5) is 0. The van der Waals surface area contributed by atoms with Crippen LogP contribution in [0.2, 0.25) is 0 Å². The Morgan fingerprint density at radius 1 is 0.737 bits per heavy atom. The SMILES string of the molecule is O[C@@H](C(c1ccccc1)c1ccccc1)C(F)(F)F. The fourth-order valence-corrected chi connectivity index (χ4v) is 2.07. The number of aliphatic hydroxyl groups is 1. The number of alkyl halides is 3. The Morgan fingerprint density at radius 2 is 1.11 bits per heavy atom. The van der Waals surface area contributed by atoms with Gasteiger partial charge in [-0.2, -0.15) is 13.2 Å². The molecular formula is C15H13F3O. The molecule has 0 fully saturated rings. The van der Waals surface area contributed by atoms with E-state index in [1.54, 1.807) is 60.7 Å². The van der Waals surface area contributed by atoms with Crippen molar-refractivity contribution in [1.29, 1.82) is 0 Å². The van der Waals surface area contributed by atoms with E-state index in [1.165, 1.54) is 0 Å². The molecule has 0 bridgehead atoms. The van der Waals surface area contributed by atoms with E-state index in [0.29, 0.717) is 11.1 Å². The second-order valence-electron chi connectivity index (χ2n) is 4.29. The molecule has 0 unspecified atom stereocenters. The standard InChI is InChI=1S/C15H13F3O/c16-15(17,18)14(19)13(11-7-3-1-4-8-11)12-9-5-2-6-10-12/h1-10,13-14,19H/t14-/m0/s1. The summed E-state index contributed by atoms with van der Waals surface area (Å²) in [5.74, 6) is -1.11. The molecule has 1 N–H and O–H groups in total. The molecule has 0 aromatic heterocycles. The van der Waals surface area contributed by atoms with E-state index >= 15 is 0 Å². The molecule has 2 rings (SSSR count). The molecule has 0 amide bonds. The van der Waals surface area contributed by atoms with Gasteiger partial charge in [-0.15, -0.1) is 0 Å². The Kier molecular flexibility index (Phi) is 3.90. The zero-order valence-electron chi connectivity index (χ0n) is 10.0. The van der Waals surface area contributed by atoms with Crippen LogP contribution < -0.4 is 0 Å². The first-order valence-electron chi connectivity index (χ1n) is 5.85. The monoisotopic (exact) mass is 266 g/mol. The van der Waals surface area contributed by atoms with Gasteiger partial charge in [0.15, 0.2) is 6.10 Å². The average molecular weight is 266 g/mol. The van der Waals surface area contributed by atoms with Gasteiger partial charge in [-0.25, -0.2) is 0 Å². The number of aliphatic hydroxyl groups excluding tert-OH is 1. The van der Waals surface area contributed by atoms with E-state index in [2.05, 4.69) is 0 Å². The molecule has 0 aliphatic rings. The lowest BCUT2D eigenvalue weighted by molar-refractivity contribution is -0.207. The van der Waals surface area contributed by atoms with Crippen molar-refractivity contribution in [2.45, 2.75) is 18.2 Å². The third-order valence-corrected chi connectivity index (χ3v) is 2.97. The van der Waals surface area contributed by atoms with Crippen molar-refractivity contribution in [3.63, 3.8) is 0 Å². The molecule has 0 aliphatic carbocycles. The number of rotatable bonds is 3. The summed E-state index contributed by atoms with van der Waals surface area (Å²) in [5.41, 5.74) is 0.886. The quantitative estimate of drug-likeness (QED) is 0.897. The summed E-state index contributed by atoms with van der Waals surface area (Å²) in [7, 11) is 0. The summed E-state index contributed by atoms with van der Waals surface area (Å²) in [6.45, 7) is 0. The van der Waals surface area contributed by atoms with Crippen LogP contribution in [0.1, 0.15) is 17.0 Å². The molecule has 0 saturated carbocycles. The van der Waals surface area contributed by atoms with Gasteiger partial charge in [-0.1, -0.05) is 60.7 Å². The topological polar surface area (TPSA) is 20.2 Å². The van der Waals surface area contributed by atoms with Gasteiger partial charge in [0, 0.05) is 5.92 Å². The first-order chi connectivity index (χ1) is 9.00. The van der Waals surface area contributed by atoms with Crippen LogP contribution in [0.5, 0.6) is 0 Å². The predicted molar refractivity (Wildman–Crippen MR) is 66.8 cm³/mol. The Labute approximate surface area is 109 Å². The molecule has 1 atom stereocenters. The van der Waals surface area contributed by atoms with Gasteiger partial charge in [-0.05, 0) is 11.1 Å². The minimum absolute atomic E-state index is 0.443. The lowest BCUT2D eigenvalue weighted by atomic mass is 9.86. The Balaban J connectivity index is 2.46. The fraction of sp³-hybridized carbons (Fsp3) is 0.200. The van der Waals surface area contributed by atoms with Crippen LogP contribution in [0.15, 0.2) is 60.7 Å². The largest absolute Gasteiger partial charge is 0.415 e. The normalized spacial score (nSPS) is 13.5. The van der Waals surface area contributed by atoms with Crippen LogP contribution in [-0.4, -0.2) is 17.4 Å². The van der Waals surface area contributed by atoms with Crippen molar-refractivity contribution in [2.24, 2.45) is 0 Å². The van der Waals surface area contributed by atoms with Gasteiger partial charge in [0.05, 0.1) is 0 Å². The number of hydrogen-bond donors (Lipinski definition) is 1. The first kappa shape index (κ1) is 13.6.